The van der Waals surface area contributed by atoms with Crippen LogP contribution in [0.2, 0.25) is 0 Å². The van der Waals surface area contributed by atoms with Gasteiger partial charge in [0.2, 0.25) is 0 Å². The van der Waals surface area contributed by atoms with Crippen molar-refractivity contribution in [3.8, 4) is 0 Å². The molecule has 1 aliphatic heterocycles. The van der Waals surface area contributed by atoms with Gasteiger partial charge >= 0.3 is 12.0 Å². The molecule has 1 aliphatic rings. The third kappa shape index (κ3) is 3.72. The number of hydrogen-bond donors (Lipinski definition) is 3. The van der Waals surface area contributed by atoms with Gasteiger partial charge in [-0.3, -0.25) is 4.79 Å². The molecule has 3 N–H and O–H groups in total. The first-order valence-corrected chi connectivity index (χ1v) is 6.96. The Morgan fingerprint density at radius 1 is 1.57 bits per heavy atom. The third-order valence-corrected chi connectivity index (χ3v) is 3.46. The maximum atomic E-state index is 12.3. The van der Waals surface area contributed by atoms with Crippen LogP contribution in [0.4, 0.5) is 4.79 Å². The van der Waals surface area contributed by atoms with Crippen molar-refractivity contribution in [3.63, 3.8) is 0 Å². The predicted molar refractivity (Wildman–Crippen MR) is 73.6 cm³/mol. The van der Waals surface area contributed by atoms with E-state index in [0.717, 1.165) is 6.42 Å². The van der Waals surface area contributed by atoms with Crippen LogP contribution in [0.5, 0.6) is 0 Å². The number of carbonyl (C=O) groups excluding carboxylic acids is 1. The van der Waals surface area contributed by atoms with E-state index < -0.39 is 17.9 Å². The zero-order valence-electron chi connectivity index (χ0n) is 11.9. The first kappa shape index (κ1) is 15.3. The number of aromatic amines is 1. The zero-order valence-corrected chi connectivity index (χ0v) is 11.9. The Labute approximate surface area is 122 Å². The van der Waals surface area contributed by atoms with E-state index in [2.05, 4.69) is 15.3 Å². The summed E-state index contributed by atoms with van der Waals surface area (Å²) in [7, 11) is 0. The normalized spacial score (nSPS) is 21.2. The monoisotopic (exact) mass is 296 g/mol. The van der Waals surface area contributed by atoms with Gasteiger partial charge in [0.05, 0.1) is 25.8 Å². The lowest BCUT2D eigenvalue weighted by atomic mass is 10.0. The molecular formula is C13H20N4O4. The molecule has 0 spiro atoms. The zero-order chi connectivity index (χ0) is 15.2. The fourth-order valence-electron chi connectivity index (χ4n) is 2.40. The predicted octanol–water partition coefficient (Wildman–Crippen LogP) is 0.431. The van der Waals surface area contributed by atoms with E-state index in [0.29, 0.717) is 12.4 Å². The van der Waals surface area contributed by atoms with Gasteiger partial charge in [-0.15, -0.1) is 0 Å². The molecule has 2 unspecified atom stereocenters. The summed E-state index contributed by atoms with van der Waals surface area (Å²) in [6.45, 7) is 3.11. The minimum absolute atomic E-state index is 0.145. The summed E-state index contributed by atoms with van der Waals surface area (Å²) in [5.74, 6) is -0.958. The molecule has 116 valence electrons. The Morgan fingerprint density at radius 3 is 3.00 bits per heavy atom. The highest BCUT2D eigenvalue weighted by molar-refractivity contribution is 5.77. The van der Waals surface area contributed by atoms with Crippen LogP contribution in [-0.2, 0) is 16.1 Å². The maximum absolute atomic E-state index is 12.3. The molecule has 1 fully saturated rings. The number of carboxylic acids is 1. The lowest BCUT2D eigenvalue weighted by Gasteiger charge is -2.30. The van der Waals surface area contributed by atoms with Gasteiger partial charge in [-0.05, 0) is 6.42 Å². The molecule has 2 heterocycles. The molecule has 0 bridgehead atoms. The van der Waals surface area contributed by atoms with Crippen molar-refractivity contribution in [3.05, 3.63) is 18.2 Å². The summed E-state index contributed by atoms with van der Waals surface area (Å²) in [4.78, 5) is 32.0. The number of urea groups is 1. The number of nitrogens with one attached hydrogen (secondary N) is 2. The number of aromatic nitrogens is 2. The summed E-state index contributed by atoms with van der Waals surface area (Å²) in [5.41, 5.74) is 0. The Morgan fingerprint density at radius 2 is 2.38 bits per heavy atom. The van der Waals surface area contributed by atoms with Crippen molar-refractivity contribution in [2.45, 2.75) is 25.9 Å². The number of carbonyl (C=O) groups is 2. The smallest absolute Gasteiger partial charge is 0.318 e. The highest BCUT2D eigenvalue weighted by Gasteiger charge is 2.39. The van der Waals surface area contributed by atoms with Gasteiger partial charge in [0.25, 0.3) is 0 Å². The van der Waals surface area contributed by atoms with Crippen LogP contribution in [0.3, 0.4) is 0 Å². The molecule has 0 aromatic carbocycles. The van der Waals surface area contributed by atoms with Crippen LogP contribution in [0.25, 0.3) is 0 Å². The minimum atomic E-state index is -0.933. The van der Waals surface area contributed by atoms with Gasteiger partial charge < -0.3 is 25.0 Å². The summed E-state index contributed by atoms with van der Waals surface area (Å²) in [5, 5.41) is 12.0. The van der Waals surface area contributed by atoms with Gasteiger partial charge in [0.1, 0.15) is 11.7 Å². The minimum Gasteiger partial charge on any atom is -0.481 e. The van der Waals surface area contributed by atoms with Gasteiger partial charge in [-0.2, -0.15) is 0 Å². The average molecular weight is 296 g/mol. The van der Waals surface area contributed by atoms with E-state index in [-0.39, 0.29) is 25.8 Å². The molecule has 1 aromatic heterocycles. The summed E-state index contributed by atoms with van der Waals surface area (Å²) in [6.07, 6.45) is 4.03. The third-order valence-electron chi connectivity index (χ3n) is 3.46. The second kappa shape index (κ2) is 7.07. The average Bonchev–Trinajstić information content (AvgIpc) is 3.12. The van der Waals surface area contributed by atoms with Crippen molar-refractivity contribution in [1.82, 2.24) is 20.2 Å². The summed E-state index contributed by atoms with van der Waals surface area (Å²) < 4.78 is 5.24. The number of H-pyrrole nitrogens is 1. The number of amides is 2. The summed E-state index contributed by atoms with van der Waals surface area (Å²) >= 11 is 0. The molecule has 2 amide bonds. The van der Waals surface area contributed by atoms with Crippen LogP contribution < -0.4 is 5.32 Å². The number of hydrogen-bond acceptors (Lipinski definition) is 4. The van der Waals surface area contributed by atoms with Crippen LogP contribution in [-0.4, -0.2) is 57.8 Å². The van der Waals surface area contributed by atoms with E-state index in [1.54, 1.807) is 17.3 Å². The quantitative estimate of drug-likeness (QED) is 0.705. The molecule has 2 atom stereocenters. The lowest BCUT2D eigenvalue weighted by molar-refractivity contribution is -0.142. The summed E-state index contributed by atoms with van der Waals surface area (Å²) in [6, 6.07) is -0.728. The van der Waals surface area contributed by atoms with Gasteiger partial charge in [-0.25, -0.2) is 9.78 Å². The Hall–Kier alpha value is -2.09. The van der Waals surface area contributed by atoms with Crippen molar-refractivity contribution in [2.75, 3.05) is 19.8 Å². The Kier molecular flexibility index (Phi) is 5.15. The van der Waals surface area contributed by atoms with E-state index in [9.17, 15) is 14.7 Å². The van der Waals surface area contributed by atoms with E-state index >= 15 is 0 Å². The first-order valence-electron chi connectivity index (χ1n) is 6.96. The first-order chi connectivity index (χ1) is 10.1. The molecule has 21 heavy (non-hydrogen) atoms. The molecule has 0 radical (unpaired) electrons. The second-order valence-corrected chi connectivity index (χ2v) is 4.94. The topological polar surface area (TPSA) is 108 Å². The Bertz CT molecular complexity index is 477. The Balaban J connectivity index is 1.99. The number of carboxylic acid groups (broad SMARTS) is 1. The maximum Gasteiger partial charge on any atom is 0.318 e. The lowest BCUT2D eigenvalue weighted by Crippen LogP contribution is -2.50. The fraction of sp³-hybridized carbons (Fsp3) is 0.615. The van der Waals surface area contributed by atoms with Crippen LogP contribution in [0, 0.1) is 5.92 Å². The van der Waals surface area contributed by atoms with Crippen molar-refractivity contribution in [1.29, 1.82) is 0 Å². The number of aliphatic carboxylic acids is 1. The number of imidazole rings is 1. The molecule has 0 saturated carbocycles. The highest BCUT2D eigenvalue weighted by Crippen LogP contribution is 2.20. The molecule has 1 aromatic rings. The fourth-order valence-corrected chi connectivity index (χ4v) is 2.40. The standard InChI is InChI=1S/C13H20N4O4/c1-2-5-17(10-8-21-7-9(10)12(18)19)13(20)16-6-11-14-3-4-15-11/h3-4,9-10H,2,5-8H2,1H3,(H,14,15)(H,16,20)(H,18,19). The largest absolute Gasteiger partial charge is 0.481 e. The van der Waals surface area contributed by atoms with Gasteiger partial charge in [-0.1, -0.05) is 6.92 Å². The van der Waals surface area contributed by atoms with Crippen molar-refractivity contribution >= 4 is 12.0 Å². The van der Waals surface area contributed by atoms with Gasteiger partial charge in [0, 0.05) is 18.9 Å². The van der Waals surface area contributed by atoms with Gasteiger partial charge in [0.15, 0.2) is 0 Å². The number of nitrogens with zero attached hydrogens (tertiary/aromatic N) is 2. The molecular weight excluding hydrogens is 276 g/mol. The van der Waals surface area contributed by atoms with Crippen molar-refractivity contribution in [2.24, 2.45) is 5.92 Å². The van der Waals surface area contributed by atoms with Crippen LogP contribution in [0.15, 0.2) is 12.4 Å². The van der Waals surface area contributed by atoms with E-state index in [4.69, 9.17) is 4.74 Å². The van der Waals surface area contributed by atoms with Crippen molar-refractivity contribution < 1.29 is 19.4 Å². The number of ether oxygens (including phenoxy) is 1. The molecule has 1 saturated heterocycles. The molecule has 8 nitrogen and oxygen atoms in total. The van der Waals surface area contributed by atoms with E-state index in [1.807, 2.05) is 6.92 Å². The highest BCUT2D eigenvalue weighted by atomic mass is 16.5. The SMILES string of the molecule is CCCN(C(=O)NCc1ncc[nH]1)C1COCC1C(=O)O. The van der Waals surface area contributed by atoms with Crippen LogP contribution >= 0.6 is 0 Å². The molecule has 0 aliphatic carbocycles. The number of rotatable bonds is 6. The molecule has 8 heteroatoms. The van der Waals surface area contributed by atoms with Crippen LogP contribution in [0.1, 0.15) is 19.2 Å². The van der Waals surface area contributed by atoms with E-state index in [1.165, 1.54) is 0 Å². The second-order valence-electron chi connectivity index (χ2n) is 4.94. The molecule has 2 rings (SSSR count).